The van der Waals surface area contributed by atoms with Gasteiger partial charge in [0.15, 0.2) is 0 Å². The van der Waals surface area contributed by atoms with Crippen LogP contribution in [-0.4, -0.2) is 11.0 Å². The first-order valence-corrected chi connectivity index (χ1v) is 6.44. The first kappa shape index (κ1) is 11.8. The zero-order valence-electron chi connectivity index (χ0n) is 10.8. The van der Waals surface area contributed by atoms with E-state index in [-0.39, 0.29) is 6.04 Å². The molecule has 2 aliphatic rings. The van der Waals surface area contributed by atoms with Gasteiger partial charge in [0, 0.05) is 24.0 Å². The molecule has 2 unspecified atom stereocenters. The van der Waals surface area contributed by atoms with E-state index in [1.165, 1.54) is 11.1 Å². The number of hydrogen-bond acceptors (Lipinski definition) is 3. The first-order valence-electron chi connectivity index (χ1n) is 6.44. The standard InChI is InChI=1S/C16H17N3/c1-11-16(19-12(2)18-11)15-5-3-13(4-6-15)14-7-9-17-10-8-14/h3-5,7-10,15-16,18-19H,1-2,6H2. The van der Waals surface area contributed by atoms with E-state index in [2.05, 4.69) is 47.0 Å². The van der Waals surface area contributed by atoms with Gasteiger partial charge in [-0.1, -0.05) is 31.4 Å². The third kappa shape index (κ3) is 2.32. The summed E-state index contributed by atoms with van der Waals surface area (Å²) in [7, 11) is 0. The molecule has 1 aliphatic heterocycles. The maximum Gasteiger partial charge on any atom is 0.0960 e. The van der Waals surface area contributed by atoms with Gasteiger partial charge in [0.05, 0.1) is 11.9 Å². The second-order valence-electron chi connectivity index (χ2n) is 4.90. The van der Waals surface area contributed by atoms with E-state index in [9.17, 15) is 0 Å². The molecule has 2 atom stereocenters. The molecule has 19 heavy (non-hydrogen) atoms. The van der Waals surface area contributed by atoms with Crippen LogP contribution in [0.4, 0.5) is 0 Å². The summed E-state index contributed by atoms with van der Waals surface area (Å²) in [5, 5.41) is 6.48. The minimum Gasteiger partial charge on any atom is -0.363 e. The lowest BCUT2D eigenvalue weighted by Crippen LogP contribution is -2.30. The second-order valence-corrected chi connectivity index (χ2v) is 4.90. The molecule has 1 aromatic heterocycles. The number of hydrogen-bond donors (Lipinski definition) is 2. The fraction of sp³-hybridized carbons (Fsp3) is 0.188. The van der Waals surface area contributed by atoms with Gasteiger partial charge in [0.2, 0.25) is 0 Å². The Hall–Kier alpha value is -2.29. The summed E-state index contributed by atoms with van der Waals surface area (Å²) in [4.78, 5) is 4.05. The molecule has 1 aliphatic carbocycles. The van der Waals surface area contributed by atoms with E-state index in [1.54, 1.807) is 0 Å². The van der Waals surface area contributed by atoms with Crippen molar-refractivity contribution < 1.29 is 0 Å². The van der Waals surface area contributed by atoms with Crippen molar-refractivity contribution in [2.24, 2.45) is 5.92 Å². The Morgan fingerprint density at radius 1 is 1.21 bits per heavy atom. The molecule has 0 saturated carbocycles. The maximum absolute atomic E-state index is 4.05. The molecule has 2 heterocycles. The van der Waals surface area contributed by atoms with Gasteiger partial charge in [0.1, 0.15) is 0 Å². The van der Waals surface area contributed by atoms with Crippen LogP contribution >= 0.6 is 0 Å². The Labute approximate surface area is 113 Å². The zero-order valence-corrected chi connectivity index (χ0v) is 10.8. The normalized spacial score (nSPS) is 25.8. The highest BCUT2D eigenvalue weighted by atomic mass is 15.2. The van der Waals surface area contributed by atoms with E-state index < -0.39 is 0 Å². The monoisotopic (exact) mass is 251 g/mol. The van der Waals surface area contributed by atoms with E-state index in [4.69, 9.17) is 0 Å². The van der Waals surface area contributed by atoms with Gasteiger partial charge >= 0.3 is 0 Å². The molecule has 1 saturated heterocycles. The van der Waals surface area contributed by atoms with Crippen LogP contribution < -0.4 is 10.6 Å². The molecule has 2 N–H and O–H groups in total. The average Bonchev–Trinajstić information content (AvgIpc) is 2.79. The van der Waals surface area contributed by atoms with Crippen LogP contribution in [0.3, 0.4) is 0 Å². The third-order valence-electron chi connectivity index (χ3n) is 3.59. The predicted molar refractivity (Wildman–Crippen MR) is 77.8 cm³/mol. The lowest BCUT2D eigenvalue weighted by molar-refractivity contribution is 0.524. The lowest BCUT2D eigenvalue weighted by Gasteiger charge is -2.22. The summed E-state index contributed by atoms with van der Waals surface area (Å²) in [5.74, 6) is 1.26. The third-order valence-corrected chi connectivity index (χ3v) is 3.59. The number of nitrogens with zero attached hydrogens (tertiary/aromatic N) is 1. The van der Waals surface area contributed by atoms with Crippen LogP contribution in [0.5, 0.6) is 0 Å². The Morgan fingerprint density at radius 2 is 2.00 bits per heavy atom. The molecule has 3 heteroatoms. The molecule has 0 aromatic carbocycles. The highest BCUT2D eigenvalue weighted by Gasteiger charge is 2.28. The molecule has 0 radical (unpaired) electrons. The van der Waals surface area contributed by atoms with Crippen LogP contribution in [0.1, 0.15) is 12.0 Å². The van der Waals surface area contributed by atoms with Gasteiger partial charge in [-0.05, 0) is 29.7 Å². The number of rotatable bonds is 2. The number of allylic oxidation sites excluding steroid dienone is 3. The maximum atomic E-state index is 4.05. The fourth-order valence-corrected chi connectivity index (χ4v) is 2.59. The van der Waals surface area contributed by atoms with Crippen LogP contribution in [0.2, 0.25) is 0 Å². The van der Waals surface area contributed by atoms with Gasteiger partial charge in [-0.2, -0.15) is 0 Å². The SMILES string of the molecule is C=C1NC(=C)C(C2C=CC(c3ccncc3)=CC2)N1. The van der Waals surface area contributed by atoms with Crippen molar-refractivity contribution in [1.29, 1.82) is 0 Å². The van der Waals surface area contributed by atoms with Gasteiger partial charge in [0.25, 0.3) is 0 Å². The topological polar surface area (TPSA) is 37.0 Å². The van der Waals surface area contributed by atoms with Crippen LogP contribution in [0.15, 0.2) is 67.4 Å². The largest absolute Gasteiger partial charge is 0.363 e. The summed E-state index contributed by atoms with van der Waals surface area (Å²) in [6.45, 7) is 7.92. The summed E-state index contributed by atoms with van der Waals surface area (Å²) < 4.78 is 0. The van der Waals surface area contributed by atoms with Crippen molar-refractivity contribution in [3.8, 4) is 0 Å². The van der Waals surface area contributed by atoms with Crippen molar-refractivity contribution in [3.63, 3.8) is 0 Å². The summed E-state index contributed by atoms with van der Waals surface area (Å²) >= 11 is 0. The zero-order chi connectivity index (χ0) is 13.2. The molecular weight excluding hydrogens is 234 g/mol. The van der Waals surface area contributed by atoms with Gasteiger partial charge in [-0.25, -0.2) is 0 Å². The molecular formula is C16H17N3. The molecule has 3 nitrogen and oxygen atoms in total. The van der Waals surface area contributed by atoms with E-state index >= 15 is 0 Å². The first-order chi connectivity index (χ1) is 9.24. The van der Waals surface area contributed by atoms with E-state index in [0.717, 1.165) is 17.9 Å². The fourth-order valence-electron chi connectivity index (χ4n) is 2.59. The minimum atomic E-state index is 0.235. The summed E-state index contributed by atoms with van der Waals surface area (Å²) in [5.41, 5.74) is 3.47. The molecule has 1 aromatic rings. The quantitative estimate of drug-likeness (QED) is 0.848. The summed E-state index contributed by atoms with van der Waals surface area (Å²) in [6, 6.07) is 4.30. The van der Waals surface area contributed by atoms with E-state index in [1.807, 2.05) is 24.5 Å². The average molecular weight is 251 g/mol. The molecule has 96 valence electrons. The predicted octanol–water partition coefficient (Wildman–Crippen LogP) is 2.59. The van der Waals surface area contributed by atoms with Crippen LogP contribution in [0, 0.1) is 5.92 Å². The molecule has 0 bridgehead atoms. The second kappa shape index (κ2) is 4.76. The Morgan fingerprint density at radius 3 is 2.58 bits per heavy atom. The number of pyridine rings is 1. The van der Waals surface area contributed by atoms with Crippen molar-refractivity contribution >= 4 is 5.57 Å². The smallest absolute Gasteiger partial charge is 0.0960 e. The van der Waals surface area contributed by atoms with Crippen molar-refractivity contribution in [2.75, 3.05) is 0 Å². The Bertz CT molecular complexity index is 569. The Kier molecular flexibility index (Phi) is 2.95. The van der Waals surface area contributed by atoms with E-state index in [0.29, 0.717) is 5.92 Å². The summed E-state index contributed by atoms with van der Waals surface area (Å²) in [6.07, 6.45) is 11.4. The van der Waals surface area contributed by atoms with Gasteiger partial charge in [-0.15, -0.1) is 0 Å². The lowest BCUT2D eigenvalue weighted by atomic mass is 9.88. The molecule has 1 fully saturated rings. The van der Waals surface area contributed by atoms with Gasteiger partial charge in [-0.3, -0.25) is 4.98 Å². The molecule has 0 amide bonds. The van der Waals surface area contributed by atoms with Gasteiger partial charge < -0.3 is 10.6 Å². The van der Waals surface area contributed by atoms with Crippen molar-refractivity contribution in [3.05, 3.63) is 73.0 Å². The Balaban J connectivity index is 1.73. The van der Waals surface area contributed by atoms with Crippen molar-refractivity contribution in [2.45, 2.75) is 12.5 Å². The number of aromatic nitrogens is 1. The highest BCUT2D eigenvalue weighted by molar-refractivity contribution is 5.74. The number of nitrogens with one attached hydrogen (secondary N) is 2. The molecule has 3 rings (SSSR count). The van der Waals surface area contributed by atoms with Crippen LogP contribution in [0.25, 0.3) is 5.57 Å². The van der Waals surface area contributed by atoms with Crippen molar-refractivity contribution in [1.82, 2.24) is 15.6 Å². The van der Waals surface area contributed by atoms with Crippen LogP contribution in [-0.2, 0) is 0 Å². The highest BCUT2D eigenvalue weighted by Crippen LogP contribution is 2.29. The molecule has 0 spiro atoms. The minimum absolute atomic E-state index is 0.235.